The van der Waals surface area contributed by atoms with Crippen LogP contribution in [0.25, 0.3) is 0 Å². The SMILES string of the molecule is Cl.O=C(O)C[C@H]1C(=O)OCN1C(=O)OCc1ccccc1. The molecule has 0 unspecified atom stereocenters. The van der Waals surface area contributed by atoms with E-state index in [2.05, 4.69) is 4.74 Å². The monoisotopic (exact) mass is 315 g/mol. The Balaban J connectivity index is 0.00000220. The third-order valence-electron chi connectivity index (χ3n) is 2.80. The maximum Gasteiger partial charge on any atom is 0.413 e. The number of amides is 1. The minimum absolute atomic E-state index is 0. The van der Waals surface area contributed by atoms with Crippen molar-refractivity contribution in [2.45, 2.75) is 19.1 Å². The van der Waals surface area contributed by atoms with Crippen molar-refractivity contribution >= 4 is 30.4 Å². The van der Waals surface area contributed by atoms with Gasteiger partial charge in [0.05, 0.1) is 6.42 Å². The molecule has 0 aromatic heterocycles. The molecule has 0 radical (unpaired) electrons. The van der Waals surface area contributed by atoms with E-state index in [1.807, 2.05) is 6.07 Å². The number of benzene rings is 1. The number of carboxylic acids is 1. The Labute approximate surface area is 126 Å². The first-order chi connectivity index (χ1) is 9.58. The van der Waals surface area contributed by atoms with Gasteiger partial charge in [-0.2, -0.15) is 0 Å². The first kappa shape index (κ1) is 16.8. The second kappa shape index (κ2) is 7.49. The van der Waals surface area contributed by atoms with Gasteiger partial charge in [0, 0.05) is 0 Å². The third kappa shape index (κ3) is 4.35. The molecule has 0 saturated carbocycles. The maximum absolute atomic E-state index is 11.8. The average molecular weight is 316 g/mol. The second-order valence-corrected chi connectivity index (χ2v) is 4.22. The zero-order chi connectivity index (χ0) is 14.5. The number of ether oxygens (including phenoxy) is 2. The summed E-state index contributed by atoms with van der Waals surface area (Å²) in [7, 11) is 0. The number of carbonyl (C=O) groups is 3. The van der Waals surface area contributed by atoms with Crippen LogP contribution in [0.1, 0.15) is 12.0 Å². The van der Waals surface area contributed by atoms with Crippen molar-refractivity contribution < 1.29 is 29.0 Å². The number of aliphatic carboxylic acids is 1. The van der Waals surface area contributed by atoms with Crippen LogP contribution < -0.4 is 0 Å². The molecule has 2 rings (SSSR count). The van der Waals surface area contributed by atoms with Crippen molar-refractivity contribution in [2.75, 3.05) is 6.73 Å². The van der Waals surface area contributed by atoms with Gasteiger partial charge in [-0.1, -0.05) is 30.3 Å². The number of hydrogen-bond donors (Lipinski definition) is 1. The smallest absolute Gasteiger partial charge is 0.413 e. The fourth-order valence-corrected chi connectivity index (χ4v) is 1.79. The molecule has 1 aromatic carbocycles. The van der Waals surface area contributed by atoms with Gasteiger partial charge in [0.15, 0.2) is 6.73 Å². The van der Waals surface area contributed by atoms with Gasteiger partial charge < -0.3 is 14.6 Å². The van der Waals surface area contributed by atoms with E-state index in [0.29, 0.717) is 0 Å². The molecule has 1 aliphatic heterocycles. The topological polar surface area (TPSA) is 93.1 Å². The van der Waals surface area contributed by atoms with Gasteiger partial charge in [-0.25, -0.2) is 9.59 Å². The zero-order valence-corrected chi connectivity index (χ0v) is 11.7. The van der Waals surface area contributed by atoms with Crippen LogP contribution in [-0.4, -0.2) is 40.8 Å². The fraction of sp³-hybridized carbons (Fsp3) is 0.308. The van der Waals surface area contributed by atoms with Crippen LogP contribution in [0.3, 0.4) is 0 Å². The van der Waals surface area contributed by atoms with E-state index < -0.39 is 30.5 Å². The van der Waals surface area contributed by atoms with Gasteiger partial charge in [0.25, 0.3) is 0 Å². The fourth-order valence-electron chi connectivity index (χ4n) is 1.79. The number of carbonyl (C=O) groups excluding carboxylic acids is 2. The lowest BCUT2D eigenvalue weighted by molar-refractivity contribution is -0.144. The van der Waals surface area contributed by atoms with Crippen LogP contribution in [0.2, 0.25) is 0 Å². The van der Waals surface area contributed by atoms with E-state index >= 15 is 0 Å². The summed E-state index contributed by atoms with van der Waals surface area (Å²) in [6.45, 7) is -0.242. The molecule has 0 aliphatic carbocycles. The van der Waals surface area contributed by atoms with Gasteiger partial charge in [-0.15, -0.1) is 12.4 Å². The number of nitrogens with zero attached hydrogens (tertiary/aromatic N) is 1. The first-order valence-corrected chi connectivity index (χ1v) is 5.93. The Morgan fingerprint density at radius 3 is 2.62 bits per heavy atom. The molecule has 0 bridgehead atoms. The molecule has 1 amide bonds. The molecule has 114 valence electrons. The summed E-state index contributed by atoms with van der Waals surface area (Å²) >= 11 is 0. The van der Waals surface area contributed by atoms with Crippen molar-refractivity contribution in [3.05, 3.63) is 35.9 Å². The van der Waals surface area contributed by atoms with Crippen LogP contribution in [0.15, 0.2) is 30.3 Å². The predicted molar refractivity (Wildman–Crippen MR) is 72.7 cm³/mol. The van der Waals surface area contributed by atoms with Gasteiger partial charge in [0.2, 0.25) is 0 Å². The zero-order valence-electron chi connectivity index (χ0n) is 10.9. The summed E-state index contributed by atoms with van der Waals surface area (Å²) in [5.74, 6) is -1.92. The first-order valence-electron chi connectivity index (χ1n) is 5.93. The van der Waals surface area contributed by atoms with Gasteiger partial charge >= 0.3 is 18.0 Å². The van der Waals surface area contributed by atoms with E-state index in [1.54, 1.807) is 24.3 Å². The molecule has 0 spiro atoms. The number of cyclic esters (lactones) is 1. The van der Waals surface area contributed by atoms with Crippen LogP contribution in [0, 0.1) is 0 Å². The maximum atomic E-state index is 11.8. The van der Waals surface area contributed by atoms with Crippen LogP contribution in [0.5, 0.6) is 0 Å². The van der Waals surface area contributed by atoms with Crippen LogP contribution in [-0.2, 0) is 25.7 Å². The largest absolute Gasteiger partial charge is 0.481 e. The molecule has 1 N–H and O–H groups in total. The summed E-state index contributed by atoms with van der Waals surface area (Å²) in [4.78, 5) is 34.8. The van der Waals surface area contributed by atoms with Crippen molar-refractivity contribution in [1.29, 1.82) is 0 Å². The van der Waals surface area contributed by atoms with Gasteiger partial charge in [-0.05, 0) is 5.56 Å². The van der Waals surface area contributed by atoms with Crippen molar-refractivity contribution in [3.63, 3.8) is 0 Å². The number of carboxylic acid groups (broad SMARTS) is 1. The van der Waals surface area contributed by atoms with E-state index in [4.69, 9.17) is 9.84 Å². The lowest BCUT2D eigenvalue weighted by atomic mass is 10.2. The van der Waals surface area contributed by atoms with Crippen molar-refractivity contribution in [1.82, 2.24) is 4.90 Å². The summed E-state index contributed by atoms with van der Waals surface area (Å²) in [6, 6.07) is 7.89. The van der Waals surface area contributed by atoms with Crippen molar-refractivity contribution in [3.8, 4) is 0 Å². The summed E-state index contributed by atoms with van der Waals surface area (Å²) in [5.41, 5.74) is 0.794. The molecule has 1 fully saturated rings. The highest BCUT2D eigenvalue weighted by Gasteiger charge is 2.40. The molecular formula is C13H14ClNO6. The number of hydrogen-bond acceptors (Lipinski definition) is 5. The Bertz CT molecular complexity index is 521. The van der Waals surface area contributed by atoms with Crippen molar-refractivity contribution in [2.24, 2.45) is 0 Å². The molecule has 1 atom stereocenters. The molecule has 1 heterocycles. The number of halogens is 1. The Morgan fingerprint density at radius 2 is 2.00 bits per heavy atom. The summed E-state index contributed by atoms with van der Waals surface area (Å²) in [5, 5.41) is 8.71. The quantitative estimate of drug-likeness (QED) is 0.844. The van der Waals surface area contributed by atoms with Crippen LogP contribution >= 0.6 is 12.4 Å². The lowest BCUT2D eigenvalue weighted by Crippen LogP contribution is -2.39. The van der Waals surface area contributed by atoms with E-state index in [0.717, 1.165) is 10.5 Å². The standard InChI is InChI=1S/C13H13NO6.ClH/c15-11(16)6-10-12(17)20-8-14(10)13(18)19-7-9-4-2-1-3-5-9;/h1-5,10H,6-8H2,(H,15,16);1H/t10-;/m0./s1. The minimum atomic E-state index is -1.19. The highest BCUT2D eigenvalue weighted by molar-refractivity contribution is 5.87. The lowest BCUT2D eigenvalue weighted by Gasteiger charge is -2.18. The molecule has 8 heteroatoms. The number of esters is 1. The highest BCUT2D eigenvalue weighted by Crippen LogP contribution is 2.16. The second-order valence-electron chi connectivity index (χ2n) is 4.22. The van der Waals surface area contributed by atoms with E-state index in [1.165, 1.54) is 0 Å². The molecule has 1 aliphatic rings. The molecule has 1 saturated heterocycles. The molecule has 1 aromatic rings. The predicted octanol–water partition coefficient (Wildman–Crippen LogP) is 1.40. The van der Waals surface area contributed by atoms with Gasteiger partial charge in [0.1, 0.15) is 12.6 Å². The van der Waals surface area contributed by atoms with E-state index in [-0.39, 0.29) is 25.7 Å². The third-order valence-corrected chi connectivity index (χ3v) is 2.80. The van der Waals surface area contributed by atoms with Gasteiger partial charge in [-0.3, -0.25) is 9.69 Å². The molecule has 7 nitrogen and oxygen atoms in total. The average Bonchev–Trinajstić information content (AvgIpc) is 2.78. The summed E-state index contributed by atoms with van der Waals surface area (Å²) < 4.78 is 9.71. The van der Waals surface area contributed by atoms with E-state index in [9.17, 15) is 14.4 Å². The molecular weight excluding hydrogens is 302 g/mol. The normalized spacial score (nSPS) is 16.9. The Hall–Kier alpha value is -2.28. The van der Waals surface area contributed by atoms with Crippen LogP contribution in [0.4, 0.5) is 4.79 Å². The summed E-state index contributed by atoms with van der Waals surface area (Å²) in [6.07, 6.45) is -1.27. The number of rotatable bonds is 4. The highest BCUT2D eigenvalue weighted by atomic mass is 35.5. The molecule has 21 heavy (non-hydrogen) atoms. The Kier molecular flexibility index (Phi) is 5.98. The minimum Gasteiger partial charge on any atom is -0.481 e. The Morgan fingerprint density at radius 1 is 1.33 bits per heavy atom.